The van der Waals surface area contributed by atoms with E-state index in [2.05, 4.69) is 5.32 Å². The molecule has 0 aromatic heterocycles. The number of hydrogen-bond acceptors (Lipinski definition) is 2. The van der Waals surface area contributed by atoms with Gasteiger partial charge in [0.05, 0.1) is 5.92 Å². The van der Waals surface area contributed by atoms with Crippen LogP contribution >= 0.6 is 0 Å². The number of fused-ring (bicyclic) bond motifs is 1. The monoisotopic (exact) mass is 267 g/mol. The summed E-state index contributed by atoms with van der Waals surface area (Å²) in [5.74, 6) is -1.22. The standard InChI is InChI=1S/C17H17NO2/c19-17(20)16(12-6-2-1-3-7-12)14-10-11-18-15-9-5-4-8-13(14)15/h1-9,14,16,18H,10-11H2,(H,19,20). The summed E-state index contributed by atoms with van der Waals surface area (Å²) in [6, 6.07) is 17.5. The van der Waals surface area contributed by atoms with Gasteiger partial charge in [0, 0.05) is 18.2 Å². The molecule has 1 heterocycles. The number of nitrogens with one attached hydrogen (secondary N) is 1. The Labute approximate surface area is 118 Å². The minimum Gasteiger partial charge on any atom is -0.481 e. The highest BCUT2D eigenvalue weighted by atomic mass is 16.4. The molecule has 0 aliphatic carbocycles. The van der Waals surface area contributed by atoms with Crippen LogP contribution < -0.4 is 5.32 Å². The Morgan fingerprint density at radius 2 is 1.80 bits per heavy atom. The Bertz CT molecular complexity index is 609. The first kappa shape index (κ1) is 12.7. The highest BCUT2D eigenvalue weighted by Gasteiger charge is 2.33. The van der Waals surface area contributed by atoms with E-state index in [0.717, 1.165) is 29.8 Å². The summed E-state index contributed by atoms with van der Waals surface area (Å²) in [7, 11) is 0. The average Bonchev–Trinajstić information content (AvgIpc) is 2.48. The van der Waals surface area contributed by atoms with Crippen molar-refractivity contribution >= 4 is 11.7 Å². The Kier molecular flexibility index (Phi) is 3.42. The Morgan fingerprint density at radius 3 is 2.55 bits per heavy atom. The van der Waals surface area contributed by atoms with E-state index in [0.29, 0.717) is 0 Å². The van der Waals surface area contributed by atoms with Crippen molar-refractivity contribution in [1.29, 1.82) is 0 Å². The van der Waals surface area contributed by atoms with Crippen molar-refractivity contribution < 1.29 is 9.90 Å². The van der Waals surface area contributed by atoms with E-state index in [1.807, 2.05) is 54.6 Å². The van der Waals surface area contributed by atoms with Crippen LogP contribution in [0, 0.1) is 0 Å². The number of carbonyl (C=O) groups is 1. The van der Waals surface area contributed by atoms with Gasteiger partial charge in [-0.15, -0.1) is 0 Å². The molecule has 2 aromatic rings. The zero-order chi connectivity index (χ0) is 13.9. The Morgan fingerprint density at radius 1 is 1.10 bits per heavy atom. The molecule has 2 unspecified atom stereocenters. The summed E-state index contributed by atoms with van der Waals surface area (Å²) in [5, 5.41) is 13.0. The molecule has 0 radical (unpaired) electrons. The smallest absolute Gasteiger partial charge is 0.311 e. The summed E-state index contributed by atoms with van der Waals surface area (Å²) >= 11 is 0. The van der Waals surface area contributed by atoms with E-state index in [9.17, 15) is 9.90 Å². The normalized spacial score (nSPS) is 18.7. The van der Waals surface area contributed by atoms with E-state index in [-0.39, 0.29) is 5.92 Å². The fourth-order valence-corrected chi connectivity index (χ4v) is 3.05. The molecule has 102 valence electrons. The van der Waals surface area contributed by atoms with Crippen LogP contribution in [0.1, 0.15) is 29.4 Å². The van der Waals surface area contributed by atoms with E-state index in [1.54, 1.807) is 0 Å². The highest BCUT2D eigenvalue weighted by Crippen LogP contribution is 2.41. The molecule has 2 aromatic carbocycles. The third-order valence-corrected chi connectivity index (χ3v) is 3.96. The van der Waals surface area contributed by atoms with Gasteiger partial charge in [0.1, 0.15) is 0 Å². The molecule has 0 spiro atoms. The number of aliphatic carboxylic acids is 1. The summed E-state index contributed by atoms with van der Waals surface area (Å²) in [4.78, 5) is 11.8. The molecule has 0 fully saturated rings. The molecule has 2 atom stereocenters. The van der Waals surface area contributed by atoms with E-state index in [4.69, 9.17) is 0 Å². The zero-order valence-electron chi connectivity index (χ0n) is 11.1. The lowest BCUT2D eigenvalue weighted by Gasteiger charge is -2.31. The van der Waals surface area contributed by atoms with Crippen molar-refractivity contribution in [3.63, 3.8) is 0 Å². The minimum atomic E-state index is -0.752. The van der Waals surface area contributed by atoms with Gasteiger partial charge in [-0.05, 0) is 23.6 Å². The van der Waals surface area contributed by atoms with Crippen LogP contribution in [0.15, 0.2) is 54.6 Å². The van der Waals surface area contributed by atoms with Gasteiger partial charge >= 0.3 is 5.97 Å². The Balaban J connectivity index is 2.04. The van der Waals surface area contributed by atoms with Gasteiger partial charge < -0.3 is 10.4 Å². The van der Waals surface area contributed by atoms with Crippen LogP contribution in [-0.4, -0.2) is 17.6 Å². The molecule has 0 bridgehead atoms. The van der Waals surface area contributed by atoms with Crippen molar-refractivity contribution in [1.82, 2.24) is 0 Å². The number of benzene rings is 2. The summed E-state index contributed by atoms with van der Waals surface area (Å²) in [5.41, 5.74) is 3.04. The predicted molar refractivity (Wildman–Crippen MR) is 79.1 cm³/mol. The van der Waals surface area contributed by atoms with Gasteiger partial charge in [-0.25, -0.2) is 0 Å². The zero-order valence-corrected chi connectivity index (χ0v) is 11.1. The quantitative estimate of drug-likeness (QED) is 0.895. The van der Waals surface area contributed by atoms with Crippen molar-refractivity contribution in [2.45, 2.75) is 18.3 Å². The van der Waals surface area contributed by atoms with E-state index in [1.165, 1.54) is 0 Å². The van der Waals surface area contributed by atoms with Gasteiger partial charge in [-0.3, -0.25) is 4.79 Å². The molecule has 3 heteroatoms. The van der Waals surface area contributed by atoms with Crippen molar-refractivity contribution in [2.75, 3.05) is 11.9 Å². The first-order chi connectivity index (χ1) is 9.77. The fraction of sp³-hybridized carbons (Fsp3) is 0.235. The number of anilines is 1. The molecule has 2 N–H and O–H groups in total. The summed E-state index contributed by atoms with van der Waals surface area (Å²) in [6.45, 7) is 0.818. The van der Waals surface area contributed by atoms with Gasteiger partial charge in [0.2, 0.25) is 0 Å². The molecule has 0 amide bonds. The van der Waals surface area contributed by atoms with Crippen molar-refractivity contribution in [3.05, 3.63) is 65.7 Å². The number of carboxylic acids is 1. The summed E-state index contributed by atoms with van der Waals surface area (Å²) in [6.07, 6.45) is 0.836. The number of carboxylic acid groups (broad SMARTS) is 1. The maximum absolute atomic E-state index is 11.8. The molecule has 3 rings (SSSR count). The third-order valence-electron chi connectivity index (χ3n) is 3.96. The first-order valence-corrected chi connectivity index (χ1v) is 6.88. The number of hydrogen-bond donors (Lipinski definition) is 2. The second-order valence-corrected chi connectivity index (χ2v) is 5.14. The van der Waals surface area contributed by atoms with Crippen LogP contribution in [0.2, 0.25) is 0 Å². The van der Waals surface area contributed by atoms with Crippen LogP contribution in [0.5, 0.6) is 0 Å². The van der Waals surface area contributed by atoms with Gasteiger partial charge in [0.25, 0.3) is 0 Å². The number of para-hydroxylation sites is 1. The van der Waals surface area contributed by atoms with Crippen LogP contribution in [0.4, 0.5) is 5.69 Å². The van der Waals surface area contributed by atoms with Crippen LogP contribution in [-0.2, 0) is 4.79 Å². The molecular weight excluding hydrogens is 250 g/mol. The molecule has 0 saturated carbocycles. The lowest BCUT2D eigenvalue weighted by Crippen LogP contribution is -2.26. The molecule has 1 aliphatic rings. The first-order valence-electron chi connectivity index (χ1n) is 6.88. The molecule has 1 aliphatic heterocycles. The van der Waals surface area contributed by atoms with Crippen molar-refractivity contribution in [3.8, 4) is 0 Å². The third kappa shape index (κ3) is 2.27. The average molecular weight is 267 g/mol. The number of rotatable bonds is 3. The van der Waals surface area contributed by atoms with Gasteiger partial charge in [-0.1, -0.05) is 48.5 Å². The van der Waals surface area contributed by atoms with E-state index < -0.39 is 11.9 Å². The minimum absolute atomic E-state index is 0.0207. The fourth-order valence-electron chi connectivity index (χ4n) is 3.05. The van der Waals surface area contributed by atoms with Crippen molar-refractivity contribution in [2.24, 2.45) is 0 Å². The molecule has 20 heavy (non-hydrogen) atoms. The second-order valence-electron chi connectivity index (χ2n) is 5.14. The largest absolute Gasteiger partial charge is 0.481 e. The Hall–Kier alpha value is -2.29. The van der Waals surface area contributed by atoms with Gasteiger partial charge in [0.15, 0.2) is 0 Å². The predicted octanol–water partition coefficient (Wildman–Crippen LogP) is 3.45. The topological polar surface area (TPSA) is 49.3 Å². The maximum atomic E-state index is 11.8. The lowest BCUT2D eigenvalue weighted by molar-refractivity contribution is -0.139. The molecule has 3 nitrogen and oxygen atoms in total. The lowest BCUT2D eigenvalue weighted by atomic mass is 9.77. The molecule has 0 saturated heterocycles. The maximum Gasteiger partial charge on any atom is 0.311 e. The van der Waals surface area contributed by atoms with E-state index >= 15 is 0 Å². The molecular formula is C17H17NO2. The van der Waals surface area contributed by atoms with Crippen LogP contribution in [0.3, 0.4) is 0 Å². The van der Waals surface area contributed by atoms with Gasteiger partial charge in [-0.2, -0.15) is 0 Å². The van der Waals surface area contributed by atoms with Crippen LogP contribution in [0.25, 0.3) is 0 Å². The summed E-state index contributed by atoms with van der Waals surface area (Å²) < 4.78 is 0. The SMILES string of the molecule is O=C(O)C(c1ccccc1)C1CCNc2ccccc21. The second kappa shape index (κ2) is 5.37. The highest BCUT2D eigenvalue weighted by molar-refractivity contribution is 5.78.